The summed E-state index contributed by atoms with van der Waals surface area (Å²) in [6.07, 6.45) is 1.87. The summed E-state index contributed by atoms with van der Waals surface area (Å²) in [4.78, 5) is 0. The second-order valence-corrected chi connectivity index (χ2v) is 2.70. The van der Waals surface area contributed by atoms with E-state index in [2.05, 4.69) is 27.7 Å². The van der Waals surface area contributed by atoms with Crippen LogP contribution in [0, 0.1) is 3.57 Å². The molecule has 1 aromatic rings. The summed E-state index contributed by atoms with van der Waals surface area (Å²) in [5.41, 5.74) is 5.40. The summed E-state index contributed by atoms with van der Waals surface area (Å²) in [5.74, 6) is 0.605. The number of nitrogen functional groups attached to an aromatic ring is 1. The van der Waals surface area contributed by atoms with Crippen LogP contribution in [0.5, 0.6) is 0 Å². The Labute approximate surface area is 61.0 Å². The van der Waals surface area contributed by atoms with E-state index >= 15 is 0 Å². The van der Waals surface area contributed by atoms with Crippen molar-refractivity contribution in [2.24, 2.45) is 7.05 Å². The Kier molecular flexibility index (Phi) is 1.41. The van der Waals surface area contributed by atoms with Crippen LogP contribution in [0.25, 0.3) is 0 Å². The molecule has 1 aromatic heterocycles. The quantitative estimate of drug-likeness (QED) is 0.654. The Morgan fingerprint density at radius 2 is 2.50 bits per heavy atom. The fourth-order valence-corrected chi connectivity index (χ4v) is 0.988. The predicted octanol–water partition coefficient (Wildman–Crippen LogP) is 0.607. The molecule has 8 heavy (non-hydrogen) atoms. The van der Waals surface area contributed by atoms with Gasteiger partial charge >= 0.3 is 0 Å². The van der Waals surface area contributed by atoms with Crippen molar-refractivity contribution in [3.05, 3.63) is 9.77 Å². The molecule has 1 heterocycles. The first-order chi connectivity index (χ1) is 3.70. The first-order valence-corrected chi connectivity index (χ1v) is 3.22. The van der Waals surface area contributed by atoms with Crippen LogP contribution in [0.2, 0.25) is 0 Å². The number of aryl methyl sites for hydroxylation is 1. The van der Waals surface area contributed by atoms with Crippen molar-refractivity contribution in [2.45, 2.75) is 0 Å². The highest BCUT2D eigenvalue weighted by molar-refractivity contribution is 14.1. The van der Waals surface area contributed by atoms with Crippen molar-refractivity contribution in [2.75, 3.05) is 5.73 Å². The number of hydrogen-bond acceptors (Lipinski definition) is 2. The molecule has 2 N–H and O–H groups in total. The van der Waals surface area contributed by atoms with Crippen LogP contribution in [-0.4, -0.2) is 9.78 Å². The Morgan fingerprint density at radius 3 is 2.62 bits per heavy atom. The SMILES string of the molecule is Cn1cc(I)c(N)n1. The van der Waals surface area contributed by atoms with Gasteiger partial charge in [0.2, 0.25) is 0 Å². The van der Waals surface area contributed by atoms with Gasteiger partial charge in [0.1, 0.15) is 0 Å². The number of nitrogens with zero attached hydrogens (tertiary/aromatic N) is 2. The molecule has 0 amide bonds. The Balaban J connectivity index is 3.14. The molecule has 0 aliphatic rings. The summed E-state index contributed by atoms with van der Waals surface area (Å²) >= 11 is 2.14. The van der Waals surface area contributed by atoms with Crippen LogP contribution in [0.4, 0.5) is 5.82 Å². The van der Waals surface area contributed by atoms with Gasteiger partial charge in [0, 0.05) is 13.2 Å². The second kappa shape index (κ2) is 1.93. The van der Waals surface area contributed by atoms with Gasteiger partial charge in [0.05, 0.1) is 3.57 Å². The van der Waals surface area contributed by atoms with Crippen LogP contribution in [0.1, 0.15) is 0 Å². The summed E-state index contributed by atoms with van der Waals surface area (Å²) in [5, 5.41) is 3.90. The van der Waals surface area contributed by atoms with E-state index in [1.165, 1.54) is 0 Å². The van der Waals surface area contributed by atoms with Gasteiger partial charge in [-0.2, -0.15) is 5.10 Å². The van der Waals surface area contributed by atoms with Crippen molar-refractivity contribution in [1.82, 2.24) is 9.78 Å². The standard InChI is InChI=1S/C4H6IN3/c1-8-2-3(5)4(6)7-8/h2H,1H3,(H2,6,7). The van der Waals surface area contributed by atoms with E-state index in [0.717, 1.165) is 3.57 Å². The second-order valence-electron chi connectivity index (χ2n) is 1.54. The van der Waals surface area contributed by atoms with Crippen molar-refractivity contribution in [1.29, 1.82) is 0 Å². The maximum atomic E-state index is 5.40. The zero-order valence-corrected chi connectivity index (χ0v) is 6.58. The van der Waals surface area contributed by atoms with Crippen LogP contribution < -0.4 is 5.73 Å². The lowest BCUT2D eigenvalue weighted by atomic mass is 10.7. The minimum absolute atomic E-state index is 0.605. The van der Waals surface area contributed by atoms with E-state index in [1.807, 2.05) is 13.2 Å². The van der Waals surface area contributed by atoms with Crippen LogP contribution in [-0.2, 0) is 7.05 Å². The molecule has 1 rings (SSSR count). The zero-order valence-electron chi connectivity index (χ0n) is 4.43. The smallest absolute Gasteiger partial charge is 0.158 e. The number of aromatic nitrogens is 2. The predicted molar refractivity (Wildman–Crippen MR) is 40.3 cm³/mol. The molecule has 44 valence electrons. The first kappa shape index (κ1) is 5.87. The highest BCUT2D eigenvalue weighted by atomic mass is 127. The number of rotatable bonds is 0. The first-order valence-electron chi connectivity index (χ1n) is 2.15. The molecule has 0 unspecified atom stereocenters. The topological polar surface area (TPSA) is 43.8 Å². The molecule has 0 radical (unpaired) electrons. The Hall–Kier alpha value is -0.260. The molecule has 0 saturated heterocycles. The van der Waals surface area contributed by atoms with Gasteiger partial charge in [-0.3, -0.25) is 4.68 Å². The fourth-order valence-electron chi connectivity index (χ4n) is 0.477. The van der Waals surface area contributed by atoms with Crippen LogP contribution in [0.3, 0.4) is 0 Å². The third kappa shape index (κ3) is 0.936. The highest BCUT2D eigenvalue weighted by Gasteiger charge is 1.95. The summed E-state index contributed by atoms with van der Waals surface area (Å²) in [6, 6.07) is 0. The van der Waals surface area contributed by atoms with Crippen molar-refractivity contribution >= 4 is 28.4 Å². The Bertz CT molecular complexity index is 174. The van der Waals surface area contributed by atoms with E-state index < -0.39 is 0 Å². The minimum atomic E-state index is 0.605. The molecule has 0 aliphatic heterocycles. The molecular weight excluding hydrogens is 217 g/mol. The lowest BCUT2D eigenvalue weighted by Crippen LogP contribution is -1.90. The normalized spacial score (nSPS) is 9.75. The Morgan fingerprint density at radius 1 is 1.88 bits per heavy atom. The molecule has 0 saturated carbocycles. The van der Waals surface area contributed by atoms with Crippen molar-refractivity contribution in [3.63, 3.8) is 0 Å². The fraction of sp³-hybridized carbons (Fsp3) is 0.250. The maximum absolute atomic E-state index is 5.40. The third-order valence-electron chi connectivity index (χ3n) is 0.810. The molecular formula is C4H6IN3. The van der Waals surface area contributed by atoms with Gasteiger partial charge in [0.25, 0.3) is 0 Å². The van der Waals surface area contributed by atoms with Crippen molar-refractivity contribution in [3.8, 4) is 0 Å². The van der Waals surface area contributed by atoms with E-state index in [0.29, 0.717) is 5.82 Å². The third-order valence-corrected chi connectivity index (χ3v) is 1.64. The summed E-state index contributed by atoms with van der Waals surface area (Å²) in [7, 11) is 1.85. The van der Waals surface area contributed by atoms with Crippen LogP contribution in [0.15, 0.2) is 6.20 Å². The maximum Gasteiger partial charge on any atom is 0.158 e. The average molecular weight is 223 g/mol. The summed E-state index contributed by atoms with van der Waals surface area (Å²) in [6.45, 7) is 0. The molecule has 0 aliphatic carbocycles. The van der Waals surface area contributed by atoms with Gasteiger partial charge in [-0.15, -0.1) is 0 Å². The molecule has 0 atom stereocenters. The van der Waals surface area contributed by atoms with Gasteiger partial charge in [-0.25, -0.2) is 0 Å². The molecule has 4 heteroatoms. The average Bonchev–Trinajstić information content (AvgIpc) is 1.85. The number of halogens is 1. The molecule has 0 spiro atoms. The van der Waals surface area contributed by atoms with Gasteiger partial charge < -0.3 is 5.73 Å². The molecule has 0 bridgehead atoms. The van der Waals surface area contributed by atoms with Gasteiger partial charge in [-0.1, -0.05) is 0 Å². The van der Waals surface area contributed by atoms with Gasteiger partial charge in [0.15, 0.2) is 5.82 Å². The number of anilines is 1. The molecule has 0 fully saturated rings. The van der Waals surface area contributed by atoms with E-state index in [1.54, 1.807) is 4.68 Å². The summed E-state index contributed by atoms with van der Waals surface area (Å²) < 4.78 is 2.70. The monoisotopic (exact) mass is 223 g/mol. The number of nitrogens with two attached hydrogens (primary N) is 1. The van der Waals surface area contributed by atoms with E-state index in [-0.39, 0.29) is 0 Å². The zero-order chi connectivity index (χ0) is 6.15. The minimum Gasteiger partial charge on any atom is -0.381 e. The highest BCUT2D eigenvalue weighted by Crippen LogP contribution is 2.09. The van der Waals surface area contributed by atoms with Crippen LogP contribution >= 0.6 is 22.6 Å². The number of hydrogen-bond donors (Lipinski definition) is 1. The van der Waals surface area contributed by atoms with Crippen molar-refractivity contribution < 1.29 is 0 Å². The van der Waals surface area contributed by atoms with Gasteiger partial charge in [-0.05, 0) is 22.6 Å². The lowest BCUT2D eigenvalue weighted by molar-refractivity contribution is 0.772. The largest absolute Gasteiger partial charge is 0.381 e. The lowest BCUT2D eigenvalue weighted by Gasteiger charge is -1.79. The molecule has 0 aromatic carbocycles. The van der Waals surface area contributed by atoms with E-state index in [9.17, 15) is 0 Å². The molecule has 3 nitrogen and oxygen atoms in total. The van der Waals surface area contributed by atoms with E-state index in [4.69, 9.17) is 5.73 Å².